The highest BCUT2D eigenvalue weighted by Gasteiger charge is 2.29. The fourth-order valence-electron chi connectivity index (χ4n) is 4.01. The van der Waals surface area contributed by atoms with Gasteiger partial charge in [-0.25, -0.2) is 4.98 Å². The van der Waals surface area contributed by atoms with Crippen LogP contribution in [0.5, 0.6) is 5.75 Å². The van der Waals surface area contributed by atoms with Crippen molar-refractivity contribution in [3.63, 3.8) is 0 Å². The van der Waals surface area contributed by atoms with E-state index in [1.807, 2.05) is 65.2 Å². The molecule has 1 heterocycles. The van der Waals surface area contributed by atoms with Gasteiger partial charge in [-0.2, -0.15) is 0 Å². The van der Waals surface area contributed by atoms with Crippen molar-refractivity contribution in [2.24, 2.45) is 5.41 Å². The van der Waals surface area contributed by atoms with E-state index in [2.05, 4.69) is 10.2 Å². The van der Waals surface area contributed by atoms with E-state index in [0.29, 0.717) is 33.7 Å². The summed E-state index contributed by atoms with van der Waals surface area (Å²) in [6, 6.07) is 15.6. The van der Waals surface area contributed by atoms with Gasteiger partial charge in [0.25, 0.3) is 5.91 Å². The molecule has 0 radical (unpaired) electrons. The number of hydrogen-bond acceptors (Lipinski definition) is 5. The number of aromatic nitrogens is 1. The largest absolute Gasteiger partial charge is 0.492 e. The summed E-state index contributed by atoms with van der Waals surface area (Å²) in [5, 5.41) is 13.2. The number of carboxylic acids is 1. The molecule has 0 aliphatic heterocycles. The highest BCUT2D eigenvalue weighted by Crippen LogP contribution is 2.38. The molecule has 1 unspecified atom stereocenters. The van der Waals surface area contributed by atoms with Gasteiger partial charge in [-0.15, -0.1) is 12.4 Å². The SMILES string of the molecule is CN(C)CCCOc1cc(-c2nc(C(=O)NC(CC(=O)O)C(C)(C)C)ccc2-c2ccccc2Cl)ccc1Cl.Cl. The Bertz CT molecular complexity index is 1330. The first-order chi connectivity index (χ1) is 18.4. The van der Waals surface area contributed by atoms with Gasteiger partial charge < -0.3 is 20.1 Å². The number of ether oxygens (including phenoxy) is 1. The number of hydrogen-bond donors (Lipinski definition) is 2. The predicted molar refractivity (Wildman–Crippen MR) is 164 cm³/mol. The first kappa shape index (κ1) is 33.4. The van der Waals surface area contributed by atoms with E-state index in [-0.39, 0.29) is 24.5 Å². The number of carbonyl (C=O) groups excluding carboxylic acids is 1. The molecule has 2 N–H and O–H groups in total. The molecular weight excluding hydrogens is 573 g/mol. The second-order valence-corrected chi connectivity index (χ2v) is 11.5. The molecule has 7 nitrogen and oxygen atoms in total. The molecule has 40 heavy (non-hydrogen) atoms. The molecular formula is C30H36Cl3N3O4. The summed E-state index contributed by atoms with van der Waals surface area (Å²) in [5.74, 6) is -0.932. The second kappa shape index (κ2) is 14.7. The van der Waals surface area contributed by atoms with Gasteiger partial charge in [-0.1, -0.05) is 68.2 Å². The predicted octanol–water partition coefficient (Wildman–Crippen LogP) is 7.09. The number of carbonyl (C=O) groups is 2. The van der Waals surface area contributed by atoms with Crippen LogP contribution in [0.2, 0.25) is 10.0 Å². The van der Waals surface area contributed by atoms with Gasteiger partial charge >= 0.3 is 5.97 Å². The van der Waals surface area contributed by atoms with Crippen molar-refractivity contribution in [1.82, 2.24) is 15.2 Å². The van der Waals surface area contributed by atoms with E-state index in [1.54, 1.807) is 24.3 Å². The number of pyridine rings is 1. The Morgan fingerprint density at radius 2 is 1.73 bits per heavy atom. The third-order valence-electron chi connectivity index (χ3n) is 6.23. The summed E-state index contributed by atoms with van der Waals surface area (Å²) in [6.45, 7) is 7.02. The van der Waals surface area contributed by atoms with Crippen LogP contribution in [0.3, 0.4) is 0 Å². The Balaban J connectivity index is 0.00000560. The van der Waals surface area contributed by atoms with E-state index in [4.69, 9.17) is 32.9 Å². The van der Waals surface area contributed by atoms with E-state index in [1.165, 1.54) is 0 Å². The first-order valence-electron chi connectivity index (χ1n) is 12.7. The molecule has 2 aromatic carbocycles. The average molecular weight is 609 g/mol. The van der Waals surface area contributed by atoms with Gasteiger partial charge in [0.2, 0.25) is 0 Å². The number of amides is 1. The molecule has 0 saturated carbocycles. The third-order valence-corrected chi connectivity index (χ3v) is 6.88. The van der Waals surface area contributed by atoms with Gasteiger partial charge in [-0.05, 0) is 56.3 Å². The number of aliphatic carboxylic acids is 1. The van der Waals surface area contributed by atoms with Crippen molar-refractivity contribution in [3.8, 4) is 28.1 Å². The number of nitrogens with one attached hydrogen (secondary N) is 1. The number of benzene rings is 2. The molecule has 1 atom stereocenters. The van der Waals surface area contributed by atoms with Crippen LogP contribution in [0.4, 0.5) is 0 Å². The van der Waals surface area contributed by atoms with Crippen LogP contribution in [0, 0.1) is 5.41 Å². The lowest BCUT2D eigenvalue weighted by Gasteiger charge is -2.30. The van der Waals surface area contributed by atoms with Crippen LogP contribution in [0.15, 0.2) is 54.6 Å². The lowest BCUT2D eigenvalue weighted by atomic mass is 9.84. The second-order valence-electron chi connectivity index (χ2n) is 10.7. The van der Waals surface area contributed by atoms with E-state index in [0.717, 1.165) is 24.1 Å². The van der Waals surface area contributed by atoms with Crippen molar-refractivity contribution >= 4 is 47.5 Å². The fraction of sp³-hybridized carbons (Fsp3) is 0.367. The minimum absolute atomic E-state index is 0. The Labute approximate surface area is 252 Å². The summed E-state index contributed by atoms with van der Waals surface area (Å²) in [4.78, 5) is 31.5. The van der Waals surface area contributed by atoms with Crippen LogP contribution >= 0.6 is 35.6 Å². The van der Waals surface area contributed by atoms with Crippen molar-refractivity contribution < 1.29 is 19.4 Å². The Morgan fingerprint density at radius 3 is 2.35 bits per heavy atom. The smallest absolute Gasteiger partial charge is 0.305 e. The number of halogens is 3. The standard InChI is InChI=1S/C30H35Cl2N3O4.ClH/c1-30(2,3)26(18-27(36)37)34-29(38)24-14-12-21(20-9-6-7-10-22(20)31)28(33-24)19-11-13-23(32)25(17-19)39-16-8-15-35(4)5;/h6-7,9-14,17,26H,8,15-16,18H2,1-5H3,(H,34,38)(H,36,37);1H. The highest BCUT2D eigenvalue weighted by molar-refractivity contribution is 6.33. The zero-order chi connectivity index (χ0) is 28.7. The Morgan fingerprint density at radius 1 is 1.02 bits per heavy atom. The summed E-state index contributed by atoms with van der Waals surface area (Å²) < 4.78 is 5.98. The number of nitrogens with zero attached hydrogens (tertiary/aromatic N) is 2. The fourth-order valence-corrected chi connectivity index (χ4v) is 4.42. The minimum atomic E-state index is -0.989. The number of rotatable bonds is 11. The molecule has 0 saturated heterocycles. The molecule has 0 spiro atoms. The number of carboxylic acid groups (broad SMARTS) is 1. The maximum Gasteiger partial charge on any atom is 0.305 e. The van der Waals surface area contributed by atoms with Crippen LogP contribution in [0.25, 0.3) is 22.4 Å². The summed E-state index contributed by atoms with van der Waals surface area (Å²) in [5.41, 5.74) is 2.40. The summed E-state index contributed by atoms with van der Waals surface area (Å²) in [6.07, 6.45) is 0.628. The van der Waals surface area contributed by atoms with Gasteiger partial charge in [0.05, 0.1) is 23.7 Å². The van der Waals surface area contributed by atoms with Crippen molar-refractivity contribution in [3.05, 3.63) is 70.3 Å². The summed E-state index contributed by atoms with van der Waals surface area (Å²) in [7, 11) is 4.01. The normalized spacial score (nSPS) is 12.0. The molecule has 0 bridgehead atoms. The average Bonchev–Trinajstić information content (AvgIpc) is 2.86. The van der Waals surface area contributed by atoms with Crippen molar-refractivity contribution in [2.45, 2.75) is 39.7 Å². The van der Waals surface area contributed by atoms with Crippen LogP contribution < -0.4 is 10.1 Å². The lowest BCUT2D eigenvalue weighted by molar-refractivity contribution is -0.138. The maximum absolute atomic E-state index is 13.3. The minimum Gasteiger partial charge on any atom is -0.492 e. The van der Waals surface area contributed by atoms with Gasteiger partial charge in [0.1, 0.15) is 11.4 Å². The Kier molecular flexibility index (Phi) is 12.3. The molecule has 10 heteroatoms. The molecule has 0 aliphatic carbocycles. The molecule has 0 aliphatic rings. The van der Waals surface area contributed by atoms with Gasteiger partial charge in [-0.3, -0.25) is 9.59 Å². The van der Waals surface area contributed by atoms with Crippen LogP contribution in [-0.4, -0.2) is 60.2 Å². The molecule has 1 amide bonds. The highest BCUT2D eigenvalue weighted by atomic mass is 35.5. The first-order valence-corrected chi connectivity index (χ1v) is 13.5. The lowest BCUT2D eigenvalue weighted by Crippen LogP contribution is -2.45. The van der Waals surface area contributed by atoms with Crippen molar-refractivity contribution in [1.29, 1.82) is 0 Å². The molecule has 0 fully saturated rings. The van der Waals surface area contributed by atoms with Crippen LogP contribution in [-0.2, 0) is 4.79 Å². The summed E-state index contributed by atoms with van der Waals surface area (Å²) >= 11 is 13.0. The Hall–Kier alpha value is -2.84. The monoisotopic (exact) mass is 607 g/mol. The molecule has 216 valence electrons. The maximum atomic E-state index is 13.3. The zero-order valence-corrected chi connectivity index (χ0v) is 25.7. The van der Waals surface area contributed by atoms with Crippen LogP contribution in [0.1, 0.15) is 44.1 Å². The molecule has 1 aromatic heterocycles. The third kappa shape index (κ3) is 9.10. The van der Waals surface area contributed by atoms with Crippen molar-refractivity contribution in [2.75, 3.05) is 27.2 Å². The zero-order valence-electron chi connectivity index (χ0n) is 23.3. The molecule has 3 rings (SSSR count). The van der Waals surface area contributed by atoms with Gasteiger partial charge in [0, 0.05) is 34.3 Å². The van der Waals surface area contributed by atoms with Gasteiger partial charge in [0.15, 0.2) is 0 Å². The van der Waals surface area contributed by atoms with E-state index < -0.39 is 23.3 Å². The topological polar surface area (TPSA) is 91.8 Å². The quantitative estimate of drug-likeness (QED) is 0.226. The van der Waals surface area contributed by atoms with E-state index in [9.17, 15) is 14.7 Å². The molecule has 3 aromatic rings. The van der Waals surface area contributed by atoms with E-state index >= 15 is 0 Å².